The van der Waals surface area contributed by atoms with Crippen molar-refractivity contribution in [2.75, 3.05) is 26.2 Å². The SMILES string of the molecule is O=C(O)CCCNC(=O)NCC1CCN(S(=O)(=O)c2ccccc2)CC1. The van der Waals surface area contributed by atoms with Crippen molar-refractivity contribution in [3.05, 3.63) is 30.3 Å². The van der Waals surface area contributed by atoms with Gasteiger partial charge in [-0.3, -0.25) is 4.79 Å². The number of benzene rings is 1. The molecule has 1 saturated heterocycles. The lowest BCUT2D eigenvalue weighted by Gasteiger charge is -2.31. The largest absolute Gasteiger partial charge is 0.481 e. The van der Waals surface area contributed by atoms with E-state index in [1.807, 2.05) is 0 Å². The zero-order chi connectivity index (χ0) is 19.0. The van der Waals surface area contributed by atoms with Gasteiger partial charge in [0.1, 0.15) is 0 Å². The van der Waals surface area contributed by atoms with Gasteiger partial charge in [-0.2, -0.15) is 4.31 Å². The zero-order valence-corrected chi connectivity index (χ0v) is 15.4. The number of aliphatic carboxylic acids is 1. The number of carboxylic acid groups (broad SMARTS) is 1. The molecule has 0 saturated carbocycles. The number of sulfonamides is 1. The van der Waals surface area contributed by atoms with Crippen LogP contribution in [0.5, 0.6) is 0 Å². The first-order valence-electron chi connectivity index (χ1n) is 8.68. The molecule has 0 aliphatic carbocycles. The van der Waals surface area contributed by atoms with Gasteiger partial charge in [0.05, 0.1) is 4.90 Å². The van der Waals surface area contributed by atoms with Crippen molar-refractivity contribution < 1.29 is 23.1 Å². The topological polar surface area (TPSA) is 116 Å². The summed E-state index contributed by atoms with van der Waals surface area (Å²) in [6.07, 6.45) is 1.78. The summed E-state index contributed by atoms with van der Waals surface area (Å²) < 4.78 is 26.6. The summed E-state index contributed by atoms with van der Waals surface area (Å²) in [5.74, 6) is -0.661. The van der Waals surface area contributed by atoms with Crippen molar-refractivity contribution in [3.8, 4) is 0 Å². The van der Waals surface area contributed by atoms with Crippen molar-refractivity contribution in [1.29, 1.82) is 0 Å². The molecule has 2 amide bonds. The van der Waals surface area contributed by atoms with Crippen LogP contribution >= 0.6 is 0 Å². The molecule has 0 spiro atoms. The lowest BCUT2D eigenvalue weighted by molar-refractivity contribution is -0.137. The number of nitrogens with zero attached hydrogens (tertiary/aromatic N) is 1. The highest BCUT2D eigenvalue weighted by Gasteiger charge is 2.29. The number of hydrogen-bond donors (Lipinski definition) is 3. The fourth-order valence-electron chi connectivity index (χ4n) is 2.84. The maximum Gasteiger partial charge on any atom is 0.314 e. The molecule has 1 fully saturated rings. The van der Waals surface area contributed by atoms with Gasteiger partial charge in [0.15, 0.2) is 0 Å². The number of nitrogens with one attached hydrogen (secondary N) is 2. The van der Waals surface area contributed by atoms with Crippen LogP contribution in [-0.2, 0) is 14.8 Å². The highest BCUT2D eigenvalue weighted by atomic mass is 32.2. The molecule has 8 nitrogen and oxygen atoms in total. The van der Waals surface area contributed by atoms with E-state index in [9.17, 15) is 18.0 Å². The van der Waals surface area contributed by atoms with E-state index < -0.39 is 16.0 Å². The third kappa shape index (κ3) is 5.99. The molecule has 2 rings (SSSR count). The number of carboxylic acids is 1. The van der Waals surface area contributed by atoms with Gasteiger partial charge in [-0.1, -0.05) is 18.2 Å². The Morgan fingerprint density at radius 3 is 2.38 bits per heavy atom. The minimum Gasteiger partial charge on any atom is -0.481 e. The van der Waals surface area contributed by atoms with Crippen molar-refractivity contribution >= 4 is 22.0 Å². The molecule has 1 aromatic rings. The van der Waals surface area contributed by atoms with Crippen LogP contribution in [0.25, 0.3) is 0 Å². The summed E-state index contributed by atoms with van der Waals surface area (Å²) in [5.41, 5.74) is 0. The smallest absolute Gasteiger partial charge is 0.314 e. The molecule has 0 aromatic heterocycles. The van der Waals surface area contributed by atoms with Gasteiger partial charge in [0, 0.05) is 32.6 Å². The first kappa shape index (κ1) is 20.2. The number of amides is 2. The van der Waals surface area contributed by atoms with E-state index >= 15 is 0 Å². The number of carbonyl (C=O) groups excluding carboxylic acids is 1. The highest BCUT2D eigenvalue weighted by Crippen LogP contribution is 2.23. The van der Waals surface area contributed by atoms with Crippen LogP contribution in [0.4, 0.5) is 4.79 Å². The molecule has 26 heavy (non-hydrogen) atoms. The Kier molecular flexibility index (Phi) is 7.40. The Morgan fingerprint density at radius 2 is 1.77 bits per heavy atom. The minimum absolute atomic E-state index is 0.0224. The lowest BCUT2D eigenvalue weighted by Crippen LogP contribution is -2.43. The highest BCUT2D eigenvalue weighted by molar-refractivity contribution is 7.89. The van der Waals surface area contributed by atoms with Gasteiger partial charge in [-0.15, -0.1) is 0 Å². The molecule has 3 N–H and O–H groups in total. The monoisotopic (exact) mass is 383 g/mol. The molecular formula is C17H25N3O5S. The normalized spacial score (nSPS) is 16.2. The molecule has 0 atom stereocenters. The van der Waals surface area contributed by atoms with Gasteiger partial charge in [0.25, 0.3) is 0 Å². The summed E-state index contributed by atoms with van der Waals surface area (Å²) in [5, 5.41) is 13.9. The second kappa shape index (κ2) is 9.54. The minimum atomic E-state index is -3.45. The number of piperidine rings is 1. The Hall–Kier alpha value is -2.13. The van der Waals surface area contributed by atoms with E-state index in [2.05, 4.69) is 10.6 Å². The van der Waals surface area contributed by atoms with Gasteiger partial charge in [0.2, 0.25) is 10.0 Å². The Morgan fingerprint density at radius 1 is 1.12 bits per heavy atom. The summed E-state index contributed by atoms with van der Waals surface area (Å²) in [6.45, 7) is 1.66. The quantitative estimate of drug-likeness (QED) is 0.584. The van der Waals surface area contributed by atoms with E-state index in [0.29, 0.717) is 50.3 Å². The first-order chi connectivity index (χ1) is 12.4. The Balaban J connectivity index is 1.70. The van der Waals surface area contributed by atoms with Crippen LogP contribution in [0.3, 0.4) is 0 Å². The summed E-state index contributed by atoms with van der Waals surface area (Å²) in [7, 11) is -3.45. The maximum absolute atomic E-state index is 12.6. The van der Waals surface area contributed by atoms with Crippen LogP contribution < -0.4 is 10.6 Å². The fraction of sp³-hybridized carbons (Fsp3) is 0.529. The third-order valence-electron chi connectivity index (χ3n) is 4.36. The molecule has 0 bridgehead atoms. The molecule has 144 valence electrons. The van der Waals surface area contributed by atoms with Crippen molar-refractivity contribution in [1.82, 2.24) is 14.9 Å². The molecule has 1 heterocycles. The Bertz CT molecular complexity index is 700. The van der Waals surface area contributed by atoms with Gasteiger partial charge in [-0.05, 0) is 37.3 Å². The Labute approximate surface area is 153 Å². The van der Waals surface area contributed by atoms with Crippen molar-refractivity contribution in [3.63, 3.8) is 0 Å². The number of rotatable bonds is 8. The molecular weight excluding hydrogens is 358 g/mol. The summed E-state index contributed by atoms with van der Waals surface area (Å²) in [6, 6.07) is 8.06. The van der Waals surface area contributed by atoms with Crippen LogP contribution in [0.1, 0.15) is 25.7 Å². The van der Waals surface area contributed by atoms with E-state index in [4.69, 9.17) is 5.11 Å². The first-order valence-corrected chi connectivity index (χ1v) is 10.1. The number of carbonyl (C=O) groups is 2. The summed E-state index contributed by atoms with van der Waals surface area (Å²) >= 11 is 0. The lowest BCUT2D eigenvalue weighted by atomic mass is 9.98. The second-order valence-corrected chi connectivity index (χ2v) is 8.23. The van der Waals surface area contributed by atoms with Crippen molar-refractivity contribution in [2.24, 2.45) is 5.92 Å². The van der Waals surface area contributed by atoms with Crippen LogP contribution in [-0.4, -0.2) is 56.0 Å². The van der Waals surface area contributed by atoms with Gasteiger partial charge >= 0.3 is 12.0 Å². The van der Waals surface area contributed by atoms with Crippen LogP contribution in [0, 0.1) is 5.92 Å². The average molecular weight is 383 g/mol. The second-order valence-electron chi connectivity index (χ2n) is 6.29. The standard InChI is InChI=1S/C17H25N3O5S/c21-16(22)7-4-10-18-17(23)19-13-14-8-11-20(12-9-14)26(24,25)15-5-2-1-3-6-15/h1-3,5-6,14H,4,7-13H2,(H,21,22)(H2,18,19,23). The van der Waals surface area contributed by atoms with Gasteiger partial charge in [-0.25, -0.2) is 13.2 Å². The predicted molar refractivity (Wildman–Crippen MR) is 96.2 cm³/mol. The average Bonchev–Trinajstić information content (AvgIpc) is 2.64. The van der Waals surface area contributed by atoms with Crippen LogP contribution in [0.2, 0.25) is 0 Å². The van der Waals surface area contributed by atoms with E-state index in [1.165, 1.54) is 4.31 Å². The van der Waals surface area contributed by atoms with E-state index in [0.717, 1.165) is 0 Å². The maximum atomic E-state index is 12.6. The number of urea groups is 1. The molecule has 0 unspecified atom stereocenters. The number of hydrogen-bond acceptors (Lipinski definition) is 4. The van der Waals surface area contributed by atoms with Crippen molar-refractivity contribution in [2.45, 2.75) is 30.6 Å². The molecule has 9 heteroatoms. The summed E-state index contributed by atoms with van der Waals surface area (Å²) in [4.78, 5) is 22.4. The fourth-order valence-corrected chi connectivity index (χ4v) is 4.33. The van der Waals surface area contributed by atoms with Gasteiger partial charge < -0.3 is 15.7 Å². The van der Waals surface area contributed by atoms with E-state index in [1.54, 1.807) is 30.3 Å². The predicted octanol–water partition coefficient (Wildman–Crippen LogP) is 1.25. The molecule has 1 aromatic carbocycles. The van der Waals surface area contributed by atoms with Crippen LogP contribution in [0.15, 0.2) is 35.2 Å². The van der Waals surface area contributed by atoms with E-state index in [-0.39, 0.29) is 18.4 Å². The molecule has 1 aliphatic rings. The zero-order valence-electron chi connectivity index (χ0n) is 14.6. The third-order valence-corrected chi connectivity index (χ3v) is 6.27. The molecule has 0 radical (unpaired) electrons. The molecule has 1 aliphatic heterocycles.